The summed E-state index contributed by atoms with van der Waals surface area (Å²) in [4.78, 5) is 2.48. The zero-order valence-electron chi connectivity index (χ0n) is 10.7. The van der Waals surface area contributed by atoms with Gasteiger partial charge in [-0.1, -0.05) is 28.1 Å². The van der Waals surface area contributed by atoms with Gasteiger partial charge in [0.05, 0.1) is 6.61 Å². The molecule has 0 aliphatic carbocycles. The summed E-state index contributed by atoms with van der Waals surface area (Å²) >= 11 is 3.47. The van der Waals surface area contributed by atoms with E-state index in [0.717, 1.165) is 24.2 Å². The van der Waals surface area contributed by atoms with Crippen LogP contribution in [0.15, 0.2) is 28.7 Å². The number of hydrogen-bond acceptors (Lipinski definition) is 2. The first kappa shape index (κ1) is 13.1. The van der Waals surface area contributed by atoms with Gasteiger partial charge in [0, 0.05) is 23.6 Å². The molecule has 17 heavy (non-hydrogen) atoms. The van der Waals surface area contributed by atoms with Crippen LogP contribution in [0.3, 0.4) is 0 Å². The standard InChI is InChI=1S/C14H20BrNO/c1-11(2)16-8-9-17-14(3,10-16)12-4-6-13(15)7-5-12/h4-7,11H,8-10H2,1-3H3. The summed E-state index contributed by atoms with van der Waals surface area (Å²) < 4.78 is 7.13. The molecule has 1 aliphatic heterocycles. The predicted octanol–water partition coefficient (Wildman–Crippen LogP) is 3.40. The molecule has 2 rings (SSSR count). The van der Waals surface area contributed by atoms with Gasteiger partial charge in [0.15, 0.2) is 0 Å². The maximum atomic E-state index is 6.01. The summed E-state index contributed by atoms with van der Waals surface area (Å²) in [6.07, 6.45) is 0. The summed E-state index contributed by atoms with van der Waals surface area (Å²) in [5.41, 5.74) is 1.08. The smallest absolute Gasteiger partial charge is 0.103 e. The average Bonchev–Trinajstić information content (AvgIpc) is 2.29. The molecular formula is C14H20BrNO. The minimum atomic E-state index is -0.177. The number of halogens is 1. The number of rotatable bonds is 2. The van der Waals surface area contributed by atoms with E-state index in [1.165, 1.54) is 5.56 Å². The quantitative estimate of drug-likeness (QED) is 0.829. The Morgan fingerprint density at radius 1 is 1.29 bits per heavy atom. The van der Waals surface area contributed by atoms with Crippen molar-refractivity contribution in [3.63, 3.8) is 0 Å². The molecule has 1 unspecified atom stereocenters. The third kappa shape index (κ3) is 2.90. The molecule has 0 amide bonds. The molecule has 0 saturated carbocycles. The monoisotopic (exact) mass is 297 g/mol. The van der Waals surface area contributed by atoms with Gasteiger partial charge in [-0.3, -0.25) is 4.90 Å². The summed E-state index contributed by atoms with van der Waals surface area (Å²) in [7, 11) is 0. The summed E-state index contributed by atoms with van der Waals surface area (Å²) in [5, 5.41) is 0. The van der Waals surface area contributed by atoms with Gasteiger partial charge in [0.2, 0.25) is 0 Å². The minimum absolute atomic E-state index is 0.177. The second kappa shape index (κ2) is 5.09. The van der Waals surface area contributed by atoms with Crippen LogP contribution < -0.4 is 0 Å². The molecule has 2 nitrogen and oxygen atoms in total. The van der Waals surface area contributed by atoms with Crippen molar-refractivity contribution in [1.29, 1.82) is 0 Å². The Hall–Kier alpha value is -0.380. The van der Waals surface area contributed by atoms with Crippen LogP contribution in [0.25, 0.3) is 0 Å². The van der Waals surface area contributed by atoms with Gasteiger partial charge in [-0.25, -0.2) is 0 Å². The molecule has 94 valence electrons. The van der Waals surface area contributed by atoms with Gasteiger partial charge in [0.1, 0.15) is 5.60 Å². The van der Waals surface area contributed by atoms with Crippen LogP contribution in [0.2, 0.25) is 0 Å². The number of morpholine rings is 1. The van der Waals surface area contributed by atoms with E-state index in [2.05, 4.69) is 65.9 Å². The molecule has 0 aromatic heterocycles. The fourth-order valence-corrected chi connectivity index (χ4v) is 2.58. The Morgan fingerprint density at radius 2 is 1.94 bits per heavy atom. The van der Waals surface area contributed by atoms with Gasteiger partial charge in [-0.15, -0.1) is 0 Å². The van der Waals surface area contributed by atoms with Crippen molar-refractivity contribution in [2.24, 2.45) is 0 Å². The molecule has 0 N–H and O–H groups in total. The van der Waals surface area contributed by atoms with Crippen LogP contribution in [0.1, 0.15) is 26.3 Å². The second-order valence-corrected chi connectivity index (χ2v) is 6.07. The molecule has 3 heteroatoms. The van der Waals surface area contributed by atoms with Crippen molar-refractivity contribution in [2.75, 3.05) is 19.7 Å². The second-order valence-electron chi connectivity index (χ2n) is 5.15. The van der Waals surface area contributed by atoms with Gasteiger partial charge in [-0.05, 0) is 38.5 Å². The molecule has 1 saturated heterocycles. The van der Waals surface area contributed by atoms with Crippen LogP contribution in [-0.4, -0.2) is 30.6 Å². The first-order valence-electron chi connectivity index (χ1n) is 6.15. The van der Waals surface area contributed by atoms with E-state index in [0.29, 0.717) is 6.04 Å². The summed E-state index contributed by atoms with van der Waals surface area (Å²) in [6, 6.07) is 9.03. The first-order valence-corrected chi connectivity index (χ1v) is 6.95. The van der Waals surface area contributed by atoms with E-state index in [1.807, 2.05) is 0 Å². The maximum Gasteiger partial charge on any atom is 0.103 e. The van der Waals surface area contributed by atoms with Gasteiger partial charge in [0.25, 0.3) is 0 Å². The first-order chi connectivity index (χ1) is 8.01. The molecule has 1 aromatic carbocycles. The number of ether oxygens (including phenoxy) is 1. The number of benzene rings is 1. The lowest BCUT2D eigenvalue weighted by Crippen LogP contribution is -2.50. The van der Waals surface area contributed by atoms with Gasteiger partial charge in [-0.2, -0.15) is 0 Å². The average molecular weight is 298 g/mol. The van der Waals surface area contributed by atoms with Gasteiger partial charge < -0.3 is 4.74 Å². The zero-order valence-corrected chi connectivity index (χ0v) is 12.3. The van der Waals surface area contributed by atoms with E-state index in [4.69, 9.17) is 4.74 Å². The van der Waals surface area contributed by atoms with Crippen molar-refractivity contribution in [3.05, 3.63) is 34.3 Å². The fourth-order valence-electron chi connectivity index (χ4n) is 2.32. The Morgan fingerprint density at radius 3 is 2.53 bits per heavy atom. The van der Waals surface area contributed by atoms with E-state index in [-0.39, 0.29) is 5.60 Å². The van der Waals surface area contributed by atoms with Crippen molar-refractivity contribution >= 4 is 15.9 Å². The molecule has 1 fully saturated rings. The molecule has 0 spiro atoms. The molecule has 1 atom stereocenters. The van der Waals surface area contributed by atoms with Crippen LogP contribution in [0.5, 0.6) is 0 Å². The lowest BCUT2D eigenvalue weighted by Gasteiger charge is -2.42. The van der Waals surface area contributed by atoms with Crippen molar-refractivity contribution in [3.8, 4) is 0 Å². The predicted molar refractivity (Wildman–Crippen MR) is 74.2 cm³/mol. The molecule has 0 radical (unpaired) electrons. The van der Waals surface area contributed by atoms with Gasteiger partial charge >= 0.3 is 0 Å². The summed E-state index contributed by atoms with van der Waals surface area (Å²) in [5.74, 6) is 0. The SMILES string of the molecule is CC(C)N1CCOC(C)(c2ccc(Br)cc2)C1. The Labute approximate surface area is 112 Å². The number of nitrogens with zero attached hydrogens (tertiary/aromatic N) is 1. The Bertz CT molecular complexity index is 376. The third-order valence-electron chi connectivity index (χ3n) is 3.49. The van der Waals surface area contributed by atoms with Crippen molar-refractivity contribution < 1.29 is 4.74 Å². The largest absolute Gasteiger partial charge is 0.368 e. The van der Waals surface area contributed by atoms with Crippen molar-refractivity contribution in [1.82, 2.24) is 4.90 Å². The lowest BCUT2D eigenvalue weighted by molar-refractivity contribution is -0.110. The molecule has 0 bridgehead atoms. The topological polar surface area (TPSA) is 12.5 Å². The normalized spacial score (nSPS) is 26.4. The van der Waals surface area contributed by atoms with Crippen LogP contribution in [0.4, 0.5) is 0 Å². The highest BCUT2D eigenvalue weighted by Gasteiger charge is 2.34. The van der Waals surface area contributed by atoms with E-state index >= 15 is 0 Å². The Balaban J connectivity index is 2.20. The zero-order chi connectivity index (χ0) is 12.5. The minimum Gasteiger partial charge on any atom is -0.368 e. The summed E-state index contributed by atoms with van der Waals surface area (Å²) in [6.45, 7) is 9.48. The highest BCUT2D eigenvalue weighted by Crippen LogP contribution is 2.30. The molecular weight excluding hydrogens is 278 g/mol. The Kier molecular flexibility index (Phi) is 3.91. The molecule has 1 aromatic rings. The van der Waals surface area contributed by atoms with E-state index < -0.39 is 0 Å². The van der Waals surface area contributed by atoms with Crippen LogP contribution in [0, 0.1) is 0 Å². The highest BCUT2D eigenvalue weighted by molar-refractivity contribution is 9.10. The van der Waals surface area contributed by atoms with E-state index in [1.54, 1.807) is 0 Å². The molecule has 1 aliphatic rings. The van der Waals surface area contributed by atoms with E-state index in [9.17, 15) is 0 Å². The van der Waals surface area contributed by atoms with Crippen LogP contribution in [-0.2, 0) is 10.3 Å². The lowest BCUT2D eigenvalue weighted by atomic mass is 9.93. The maximum absolute atomic E-state index is 6.01. The molecule has 1 heterocycles. The van der Waals surface area contributed by atoms with Crippen molar-refractivity contribution in [2.45, 2.75) is 32.4 Å². The highest BCUT2D eigenvalue weighted by atomic mass is 79.9. The number of hydrogen-bond donors (Lipinski definition) is 0. The third-order valence-corrected chi connectivity index (χ3v) is 4.02. The van der Waals surface area contributed by atoms with Crippen LogP contribution >= 0.6 is 15.9 Å². The fraction of sp³-hybridized carbons (Fsp3) is 0.571.